The van der Waals surface area contributed by atoms with Crippen molar-refractivity contribution in [3.05, 3.63) is 58.7 Å². The third-order valence-electron chi connectivity index (χ3n) is 4.65. The first-order chi connectivity index (χ1) is 11.2. The lowest BCUT2D eigenvalue weighted by atomic mass is 9.90. The summed E-state index contributed by atoms with van der Waals surface area (Å²) in [7, 11) is 3.39. The first kappa shape index (κ1) is 15.9. The number of ether oxygens (including phenoxy) is 2. The molecule has 0 radical (unpaired) electrons. The Morgan fingerprint density at radius 1 is 1.04 bits per heavy atom. The molecule has 0 aromatic heterocycles. The van der Waals surface area contributed by atoms with Gasteiger partial charge in [-0.2, -0.15) is 0 Å². The van der Waals surface area contributed by atoms with Crippen LogP contribution in [-0.4, -0.2) is 20.8 Å². The van der Waals surface area contributed by atoms with Crippen molar-refractivity contribution in [3.63, 3.8) is 0 Å². The Hall–Kier alpha value is -2.00. The predicted molar refractivity (Wildman–Crippen MR) is 93.5 cm³/mol. The summed E-state index contributed by atoms with van der Waals surface area (Å²) < 4.78 is 10.9. The van der Waals surface area contributed by atoms with Crippen LogP contribution >= 0.6 is 0 Å². The number of aryl methyl sites for hydroxylation is 2. The average Bonchev–Trinajstić information content (AvgIpc) is 2.60. The van der Waals surface area contributed by atoms with Gasteiger partial charge >= 0.3 is 0 Å². The second-order valence-electron chi connectivity index (χ2n) is 6.19. The highest BCUT2D eigenvalue weighted by molar-refractivity contribution is 5.49. The molecule has 0 bridgehead atoms. The van der Waals surface area contributed by atoms with Crippen molar-refractivity contribution < 1.29 is 9.47 Å². The minimum atomic E-state index is 0.375. The fourth-order valence-electron chi connectivity index (χ4n) is 3.29. The summed E-state index contributed by atoms with van der Waals surface area (Å²) >= 11 is 0. The first-order valence-electron chi connectivity index (χ1n) is 8.25. The first-order valence-corrected chi connectivity index (χ1v) is 8.25. The van der Waals surface area contributed by atoms with Crippen molar-refractivity contribution in [2.75, 3.05) is 20.8 Å². The van der Waals surface area contributed by atoms with Gasteiger partial charge in [0.15, 0.2) is 11.5 Å². The Morgan fingerprint density at radius 2 is 1.74 bits per heavy atom. The smallest absolute Gasteiger partial charge is 0.161 e. The Balaban J connectivity index is 1.79. The van der Waals surface area contributed by atoms with Crippen molar-refractivity contribution in [2.45, 2.75) is 32.2 Å². The number of rotatable bonds is 5. The molecule has 1 atom stereocenters. The topological polar surface area (TPSA) is 30.5 Å². The van der Waals surface area contributed by atoms with Gasteiger partial charge in [0.25, 0.3) is 0 Å². The molecule has 23 heavy (non-hydrogen) atoms. The molecular formula is C20H25NO2. The van der Waals surface area contributed by atoms with E-state index in [2.05, 4.69) is 48.6 Å². The molecule has 0 spiro atoms. The number of fused-ring (bicyclic) bond motifs is 1. The molecule has 0 saturated carbocycles. The summed E-state index contributed by atoms with van der Waals surface area (Å²) in [5.74, 6) is 1.64. The van der Waals surface area contributed by atoms with Crippen LogP contribution in [0, 0.1) is 6.92 Å². The average molecular weight is 311 g/mol. The van der Waals surface area contributed by atoms with Crippen molar-refractivity contribution >= 4 is 0 Å². The van der Waals surface area contributed by atoms with Crippen LogP contribution in [0.5, 0.6) is 11.5 Å². The van der Waals surface area contributed by atoms with E-state index in [1.54, 1.807) is 14.2 Å². The van der Waals surface area contributed by atoms with Crippen molar-refractivity contribution in [3.8, 4) is 11.5 Å². The molecule has 3 heteroatoms. The molecule has 122 valence electrons. The van der Waals surface area contributed by atoms with Crippen LogP contribution in [-0.2, 0) is 12.8 Å². The van der Waals surface area contributed by atoms with Crippen molar-refractivity contribution in [2.24, 2.45) is 0 Å². The monoisotopic (exact) mass is 311 g/mol. The summed E-state index contributed by atoms with van der Waals surface area (Å²) in [5, 5.41) is 3.65. The zero-order valence-corrected chi connectivity index (χ0v) is 14.2. The molecule has 2 aromatic rings. The van der Waals surface area contributed by atoms with Crippen molar-refractivity contribution in [1.82, 2.24) is 5.32 Å². The van der Waals surface area contributed by atoms with E-state index < -0.39 is 0 Å². The third kappa shape index (κ3) is 3.50. The Kier molecular flexibility index (Phi) is 4.87. The second-order valence-corrected chi connectivity index (χ2v) is 6.19. The molecule has 1 heterocycles. The predicted octanol–water partition coefficient (Wildman–Crippen LogP) is 3.83. The van der Waals surface area contributed by atoms with Crippen LogP contribution < -0.4 is 14.8 Å². The molecule has 1 aliphatic heterocycles. The van der Waals surface area contributed by atoms with Gasteiger partial charge in [0.2, 0.25) is 0 Å². The van der Waals surface area contributed by atoms with E-state index in [-0.39, 0.29) is 0 Å². The molecule has 1 aliphatic rings. The summed E-state index contributed by atoms with van der Waals surface area (Å²) in [6, 6.07) is 13.5. The van der Waals surface area contributed by atoms with E-state index in [0.717, 1.165) is 37.3 Å². The lowest BCUT2D eigenvalue weighted by Crippen LogP contribution is -2.30. The zero-order chi connectivity index (χ0) is 16.2. The van der Waals surface area contributed by atoms with Gasteiger partial charge in [0, 0.05) is 6.04 Å². The molecular weight excluding hydrogens is 286 g/mol. The van der Waals surface area contributed by atoms with Crippen LogP contribution in [0.15, 0.2) is 36.4 Å². The van der Waals surface area contributed by atoms with Gasteiger partial charge in [-0.3, -0.25) is 0 Å². The van der Waals surface area contributed by atoms with E-state index in [0.29, 0.717) is 6.04 Å². The maximum Gasteiger partial charge on any atom is 0.161 e. The van der Waals surface area contributed by atoms with E-state index in [1.807, 2.05) is 0 Å². The summed E-state index contributed by atoms with van der Waals surface area (Å²) in [4.78, 5) is 0. The largest absolute Gasteiger partial charge is 0.493 e. The number of hydrogen-bond acceptors (Lipinski definition) is 3. The second kappa shape index (κ2) is 7.05. The highest BCUT2D eigenvalue weighted by Gasteiger charge is 2.22. The third-order valence-corrected chi connectivity index (χ3v) is 4.65. The van der Waals surface area contributed by atoms with E-state index >= 15 is 0 Å². The fourth-order valence-corrected chi connectivity index (χ4v) is 3.29. The van der Waals surface area contributed by atoms with E-state index in [9.17, 15) is 0 Å². The fraction of sp³-hybridized carbons (Fsp3) is 0.400. The van der Waals surface area contributed by atoms with E-state index in [1.165, 1.54) is 22.3 Å². The van der Waals surface area contributed by atoms with E-state index in [4.69, 9.17) is 9.47 Å². The van der Waals surface area contributed by atoms with Gasteiger partial charge in [-0.25, -0.2) is 0 Å². The van der Waals surface area contributed by atoms with Crippen LogP contribution in [0.2, 0.25) is 0 Å². The summed E-state index contributed by atoms with van der Waals surface area (Å²) in [6.45, 7) is 3.14. The molecule has 0 fully saturated rings. The molecule has 3 rings (SSSR count). The molecule has 0 saturated heterocycles. The number of benzene rings is 2. The normalized spacial score (nSPS) is 16.7. The Morgan fingerprint density at radius 3 is 2.43 bits per heavy atom. The maximum absolute atomic E-state index is 5.47. The molecule has 3 nitrogen and oxygen atoms in total. The lowest BCUT2D eigenvalue weighted by molar-refractivity contribution is 0.351. The lowest BCUT2D eigenvalue weighted by Gasteiger charge is -2.28. The molecule has 0 amide bonds. The van der Waals surface area contributed by atoms with Gasteiger partial charge in [-0.05, 0) is 61.6 Å². The van der Waals surface area contributed by atoms with Crippen LogP contribution in [0.3, 0.4) is 0 Å². The highest BCUT2D eigenvalue weighted by atomic mass is 16.5. The zero-order valence-electron chi connectivity index (χ0n) is 14.2. The highest BCUT2D eigenvalue weighted by Crippen LogP contribution is 2.36. The van der Waals surface area contributed by atoms with Gasteiger partial charge < -0.3 is 14.8 Å². The van der Waals surface area contributed by atoms with Crippen LogP contribution in [0.25, 0.3) is 0 Å². The Bertz CT molecular complexity index is 664. The molecule has 2 aromatic carbocycles. The summed E-state index contributed by atoms with van der Waals surface area (Å²) in [6.07, 6.45) is 3.20. The van der Waals surface area contributed by atoms with Crippen molar-refractivity contribution in [1.29, 1.82) is 0 Å². The van der Waals surface area contributed by atoms with Gasteiger partial charge in [0.1, 0.15) is 0 Å². The maximum atomic E-state index is 5.47. The standard InChI is InChI=1S/C20H25NO2/c1-14-4-6-15(7-5-14)8-9-18-17-13-20(23-3)19(22-2)12-16(17)10-11-21-18/h4-7,12-13,18,21H,8-11H2,1-3H3/t18-/m0/s1. The van der Waals surface area contributed by atoms with Gasteiger partial charge in [-0.15, -0.1) is 0 Å². The molecule has 1 N–H and O–H groups in total. The molecule has 0 unspecified atom stereocenters. The number of hydrogen-bond donors (Lipinski definition) is 1. The number of methoxy groups -OCH3 is 2. The van der Waals surface area contributed by atoms with Gasteiger partial charge in [0.05, 0.1) is 14.2 Å². The van der Waals surface area contributed by atoms with Gasteiger partial charge in [-0.1, -0.05) is 29.8 Å². The minimum absolute atomic E-state index is 0.375. The van der Waals surface area contributed by atoms with Crippen LogP contribution in [0.4, 0.5) is 0 Å². The minimum Gasteiger partial charge on any atom is -0.493 e. The number of nitrogens with one attached hydrogen (secondary N) is 1. The summed E-state index contributed by atoms with van der Waals surface area (Å²) in [5.41, 5.74) is 5.42. The quantitative estimate of drug-likeness (QED) is 0.910. The van der Waals surface area contributed by atoms with Crippen LogP contribution in [0.1, 0.15) is 34.7 Å². The molecule has 0 aliphatic carbocycles. The SMILES string of the molecule is COc1cc2c(cc1OC)[C@H](CCc1ccc(C)cc1)NCC2. The Labute approximate surface area is 138 Å².